The molecule has 0 spiro atoms. The number of hydrogen-bond donors (Lipinski definition) is 1. The Morgan fingerprint density at radius 3 is 2.36 bits per heavy atom. The Labute approximate surface area is 150 Å². The molecule has 1 N–H and O–H groups in total. The lowest BCUT2D eigenvalue weighted by Crippen LogP contribution is -2.51. The molecule has 1 fully saturated rings. The zero-order valence-electron chi connectivity index (χ0n) is 15.8. The van der Waals surface area contributed by atoms with Gasteiger partial charge in [0, 0.05) is 30.7 Å². The van der Waals surface area contributed by atoms with Gasteiger partial charge in [0.05, 0.1) is 12.6 Å². The van der Waals surface area contributed by atoms with Gasteiger partial charge < -0.3 is 19.9 Å². The highest BCUT2D eigenvalue weighted by molar-refractivity contribution is 5.96. The maximum absolute atomic E-state index is 12.5. The number of anilines is 1. The number of nitrogens with one attached hydrogen (secondary N) is 1. The molecule has 1 aromatic rings. The van der Waals surface area contributed by atoms with Gasteiger partial charge in [-0.1, -0.05) is 0 Å². The SMILES string of the molecule is CCOc1ccc(N2CC(NC(=O)N(C(C)C)C(C)C)CC2=O)cc1. The predicted molar refractivity (Wildman–Crippen MR) is 99.0 cm³/mol. The van der Waals surface area contributed by atoms with Crippen LogP contribution in [0.4, 0.5) is 10.5 Å². The van der Waals surface area contributed by atoms with Crippen molar-refractivity contribution in [2.24, 2.45) is 0 Å². The number of benzene rings is 1. The molecule has 3 amide bonds. The van der Waals surface area contributed by atoms with E-state index in [1.54, 1.807) is 9.80 Å². The van der Waals surface area contributed by atoms with Gasteiger partial charge in [-0.3, -0.25) is 4.79 Å². The van der Waals surface area contributed by atoms with Crippen molar-refractivity contribution in [3.05, 3.63) is 24.3 Å². The molecule has 2 rings (SSSR count). The van der Waals surface area contributed by atoms with Crippen LogP contribution in [0.5, 0.6) is 5.75 Å². The highest BCUT2D eigenvalue weighted by Gasteiger charge is 2.33. The Bertz CT molecular complexity index is 590. The number of nitrogens with zero attached hydrogens (tertiary/aromatic N) is 2. The van der Waals surface area contributed by atoms with Crippen LogP contribution < -0.4 is 15.0 Å². The van der Waals surface area contributed by atoms with Gasteiger partial charge in [0.2, 0.25) is 5.91 Å². The van der Waals surface area contributed by atoms with Crippen molar-refractivity contribution < 1.29 is 14.3 Å². The van der Waals surface area contributed by atoms with E-state index in [1.165, 1.54) is 0 Å². The highest BCUT2D eigenvalue weighted by atomic mass is 16.5. The number of urea groups is 1. The summed E-state index contributed by atoms with van der Waals surface area (Å²) >= 11 is 0. The number of ether oxygens (including phenoxy) is 1. The van der Waals surface area contributed by atoms with Crippen LogP contribution in [0.1, 0.15) is 41.0 Å². The van der Waals surface area contributed by atoms with E-state index in [1.807, 2.05) is 58.9 Å². The summed E-state index contributed by atoms with van der Waals surface area (Å²) in [5.74, 6) is 0.808. The van der Waals surface area contributed by atoms with Crippen LogP contribution in [0.25, 0.3) is 0 Å². The van der Waals surface area contributed by atoms with Gasteiger partial charge in [-0.05, 0) is 58.9 Å². The van der Waals surface area contributed by atoms with E-state index in [-0.39, 0.29) is 30.1 Å². The normalized spacial score (nSPS) is 17.3. The lowest BCUT2D eigenvalue weighted by Gasteiger charge is -2.32. The average molecular weight is 347 g/mol. The van der Waals surface area contributed by atoms with Gasteiger partial charge in [0.25, 0.3) is 0 Å². The van der Waals surface area contributed by atoms with E-state index < -0.39 is 0 Å². The summed E-state index contributed by atoms with van der Waals surface area (Å²) in [5.41, 5.74) is 0.828. The minimum absolute atomic E-state index is 0.0232. The Hall–Kier alpha value is -2.24. The van der Waals surface area contributed by atoms with Crippen molar-refractivity contribution in [3.63, 3.8) is 0 Å². The smallest absolute Gasteiger partial charge is 0.318 e. The van der Waals surface area contributed by atoms with Crippen molar-refractivity contribution >= 4 is 17.6 Å². The Kier molecular flexibility index (Phi) is 6.28. The third-order valence-electron chi connectivity index (χ3n) is 4.26. The highest BCUT2D eigenvalue weighted by Crippen LogP contribution is 2.24. The van der Waals surface area contributed by atoms with Gasteiger partial charge in [-0.2, -0.15) is 0 Å². The van der Waals surface area contributed by atoms with Crippen LogP contribution in [0, 0.1) is 0 Å². The number of carbonyl (C=O) groups excluding carboxylic acids is 2. The molecule has 1 aliphatic heterocycles. The van der Waals surface area contributed by atoms with Gasteiger partial charge in [-0.25, -0.2) is 4.79 Å². The monoisotopic (exact) mass is 347 g/mol. The molecular weight excluding hydrogens is 318 g/mol. The molecule has 1 aliphatic rings. The second kappa shape index (κ2) is 8.23. The molecule has 1 atom stereocenters. The fourth-order valence-electron chi connectivity index (χ4n) is 3.26. The lowest BCUT2D eigenvalue weighted by molar-refractivity contribution is -0.117. The molecule has 0 aromatic heterocycles. The molecule has 0 aliphatic carbocycles. The second-order valence-corrected chi connectivity index (χ2v) is 6.88. The first-order valence-corrected chi connectivity index (χ1v) is 8.95. The van der Waals surface area contributed by atoms with Crippen LogP contribution >= 0.6 is 0 Å². The topological polar surface area (TPSA) is 61.9 Å². The molecule has 25 heavy (non-hydrogen) atoms. The molecule has 138 valence electrons. The lowest BCUT2D eigenvalue weighted by atomic mass is 10.2. The molecule has 0 bridgehead atoms. The first-order valence-electron chi connectivity index (χ1n) is 8.95. The van der Waals surface area contributed by atoms with Crippen molar-refractivity contribution in [1.29, 1.82) is 0 Å². The molecule has 1 heterocycles. The van der Waals surface area contributed by atoms with E-state index in [9.17, 15) is 9.59 Å². The fraction of sp³-hybridized carbons (Fsp3) is 0.579. The zero-order chi connectivity index (χ0) is 18.6. The standard InChI is InChI=1S/C19H29N3O3/c1-6-25-17-9-7-16(8-10-17)21-12-15(11-18(21)23)20-19(24)22(13(2)3)14(4)5/h7-10,13-15H,6,11-12H2,1-5H3,(H,20,24). The van der Waals surface area contributed by atoms with Crippen molar-refractivity contribution in [3.8, 4) is 5.75 Å². The van der Waals surface area contributed by atoms with Gasteiger partial charge >= 0.3 is 6.03 Å². The zero-order valence-corrected chi connectivity index (χ0v) is 15.8. The van der Waals surface area contributed by atoms with Gasteiger partial charge in [0.1, 0.15) is 5.75 Å². The van der Waals surface area contributed by atoms with Gasteiger partial charge in [-0.15, -0.1) is 0 Å². The van der Waals surface area contributed by atoms with Crippen LogP contribution in [0.3, 0.4) is 0 Å². The summed E-state index contributed by atoms with van der Waals surface area (Å²) in [5, 5.41) is 3.00. The summed E-state index contributed by atoms with van der Waals surface area (Å²) in [6.45, 7) is 11.0. The van der Waals surface area contributed by atoms with Gasteiger partial charge in [0.15, 0.2) is 0 Å². The molecule has 1 unspecified atom stereocenters. The minimum Gasteiger partial charge on any atom is -0.494 e. The first-order chi connectivity index (χ1) is 11.8. The van der Waals surface area contributed by atoms with Crippen LogP contribution in [0.2, 0.25) is 0 Å². The number of carbonyl (C=O) groups is 2. The Balaban J connectivity index is 2.01. The third kappa shape index (κ3) is 4.65. The maximum Gasteiger partial charge on any atom is 0.318 e. The quantitative estimate of drug-likeness (QED) is 0.860. The number of hydrogen-bond acceptors (Lipinski definition) is 3. The molecule has 6 nitrogen and oxygen atoms in total. The van der Waals surface area contributed by atoms with E-state index in [4.69, 9.17) is 4.74 Å². The van der Waals surface area contributed by atoms with E-state index in [0.29, 0.717) is 19.6 Å². The molecule has 6 heteroatoms. The van der Waals surface area contributed by atoms with Crippen molar-refractivity contribution in [1.82, 2.24) is 10.2 Å². The third-order valence-corrected chi connectivity index (χ3v) is 4.26. The number of amides is 3. The summed E-state index contributed by atoms with van der Waals surface area (Å²) < 4.78 is 5.43. The molecular formula is C19H29N3O3. The van der Waals surface area contributed by atoms with E-state index >= 15 is 0 Å². The van der Waals surface area contributed by atoms with Crippen LogP contribution in [0.15, 0.2) is 24.3 Å². The fourth-order valence-corrected chi connectivity index (χ4v) is 3.26. The Morgan fingerprint density at radius 2 is 1.84 bits per heavy atom. The Morgan fingerprint density at radius 1 is 1.24 bits per heavy atom. The second-order valence-electron chi connectivity index (χ2n) is 6.88. The summed E-state index contributed by atoms with van der Waals surface area (Å²) in [6.07, 6.45) is 0.322. The summed E-state index contributed by atoms with van der Waals surface area (Å²) in [4.78, 5) is 28.4. The first kappa shape index (κ1) is 19.1. The molecule has 0 radical (unpaired) electrons. The van der Waals surface area contributed by atoms with E-state index in [2.05, 4.69) is 5.32 Å². The minimum atomic E-state index is -0.174. The number of rotatable bonds is 6. The molecule has 0 saturated carbocycles. The average Bonchev–Trinajstić information content (AvgIpc) is 2.88. The van der Waals surface area contributed by atoms with Crippen molar-refractivity contribution in [2.75, 3.05) is 18.1 Å². The largest absolute Gasteiger partial charge is 0.494 e. The molecule has 1 aromatic carbocycles. The van der Waals surface area contributed by atoms with Crippen molar-refractivity contribution in [2.45, 2.75) is 59.2 Å². The summed E-state index contributed by atoms with van der Waals surface area (Å²) in [7, 11) is 0. The summed E-state index contributed by atoms with van der Waals surface area (Å²) in [6, 6.07) is 7.40. The molecule has 1 saturated heterocycles. The van der Waals surface area contributed by atoms with Crippen LogP contribution in [-0.4, -0.2) is 48.1 Å². The predicted octanol–water partition coefficient (Wildman–Crippen LogP) is 3.02. The van der Waals surface area contributed by atoms with E-state index in [0.717, 1.165) is 11.4 Å². The van der Waals surface area contributed by atoms with Crippen LogP contribution in [-0.2, 0) is 4.79 Å². The maximum atomic E-state index is 12.5.